The predicted molar refractivity (Wildman–Crippen MR) is 70.4 cm³/mol. The van der Waals surface area contributed by atoms with Gasteiger partial charge in [-0.1, -0.05) is 0 Å². The molecule has 0 atom stereocenters. The molecule has 7 nitrogen and oxygen atoms in total. The normalized spacial score (nSPS) is 11.0. The first-order chi connectivity index (χ1) is 9.33. The highest BCUT2D eigenvalue weighted by Gasteiger charge is 2.19. The van der Waals surface area contributed by atoms with E-state index < -0.39 is 17.7 Å². The van der Waals surface area contributed by atoms with Crippen molar-refractivity contribution in [2.24, 2.45) is 0 Å². The van der Waals surface area contributed by atoms with Gasteiger partial charge in [-0.25, -0.2) is 14.6 Å². The van der Waals surface area contributed by atoms with Crippen molar-refractivity contribution in [3.8, 4) is 0 Å². The average molecular weight is 284 g/mol. The summed E-state index contributed by atoms with van der Waals surface area (Å²) in [4.78, 5) is 26.8. The van der Waals surface area contributed by atoms with E-state index in [-0.39, 0.29) is 18.8 Å². The van der Waals surface area contributed by atoms with Gasteiger partial charge >= 0.3 is 12.1 Å². The second-order valence-corrected chi connectivity index (χ2v) is 5.02. The van der Waals surface area contributed by atoms with Crippen LogP contribution >= 0.6 is 0 Å². The second-order valence-electron chi connectivity index (χ2n) is 5.02. The summed E-state index contributed by atoms with van der Waals surface area (Å²) >= 11 is 0. The number of carbonyl (C=O) groups is 2. The number of esters is 1. The summed E-state index contributed by atoms with van der Waals surface area (Å²) in [6, 6.07) is 0. The van der Waals surface area contributed by atoms with Crippen molar-refractivity contribution in [2.45, 2.75) is 39.7 Å². The van der Waals surface area contributed by atoms with Gasteiger partial charge in [0.25, 0.3) is 0 Å². The van der Waals surface area contributed by atoms with Crippen LogP contribution in [0.5, 0.6) is 0 Å². The van der Waals surface area contributed by atoms with E-state index in [0.29, 0.717) is 12.2 Å². The Hall–Kier alpha value is -2.05. The molecule has 1 N–H and O–H groups in total. The van der Waals surface area contributed by atoms with E-state index in [0.717, 1.165) is 0 Å². The Morgan fingerprint density at radius 1 is 1.40 bits per heavy atom. The maximum atomic E-state index is 11.6. The zero-order chi connectivity index (χ0) is 15.2. The van der Waals surface area contributed by atoms with Gasteiger partial charge in [0, 0.05) is 13.0 Å². The Balaban J connectivity index is 2.45. The first kappa shape index (κ1) is 16.0. The molecule has 1 rings (SSSR count). The highest BCUT2D eigenvalue weighted by atomic mass is 16.6. The third-order valence-electron chi connectivity index (χ3n) is 2.13. The quantitative estimate of drug-likeness (QED) is 0.831. The summed E-state index contributed by atoms with van der Waals surface area (Å²) < 4.78 is 15.0. The lowest BCUT2D eigenvalue weighted by molar-refractivity contribution is 0.0516. The third kappa shape index (κ3) is 5.29. The average Bonchev–Trinajstić information content (AvgIpc) is 2.75. The van der Waals surface area contributed by atoms with E-state index in [4.69, 9.17) is 13.9 Å². The van der Waals surface area contributed by atoms with Gasteiger partial charge in [-0.3, -0.25) is 0 Å². The molecule has 0 spiro atoms. The Kier molecular flexibility index (Phi) is 5.54. The van der Waals surface area contributed by atoms with Gasteiger partial charge in [0.1, 0.15) is 11.4 Å². The van der Waals surface area contributed by atoms with Crippen molar-refractivity contribution in [2.75, 3.05) is 13.2 Å². The summed E-state index contributed by atoms with van der Waals surface area (Å²) in [7, 11) is 0. The predicted octanol–water partition coefficient (Wildman–Crippen LogP) is 1.92. The minimum atomic E-state index is -0.549. The molecular weight excluding hydrogens is 264 g/mol. The Labute approximate surface area is 117 Å². The molecule has 1 heterocycles. The molecule has 0 aliphatic rings. The maximum absolute atomic E-state index is 11.6. The zero-order valence-electron chi connectivity index (χ0n) is 12.2. The number of aromatic nitrogens is 1. The summed E-state index contributed by atoms with van der Waals surface area (Å²) in [5, 5.41) is 2.57. The second kappa shape index (κ2) is 6.93. The van der Waals surface area contributed by atoms with Crippen LogP contribution in [0.2, 0.25) is 0 Å². The van der Waals surface area contributed by atoms with E-state index in [1.807, 2.05) is 0 Å². The summed E-state index contributed by atoms with van der Waals surface area (Å²) in [5.41, 5.74) is -0.412. The molecule has 0 fully saturated rings. The van der Waals surface area contributed by atoms with Gasteiger partial charge < -0.3 is 19.2 Å². The summed E-state index contributed by atoms with van der Waals surface area (Å²) in [6.07, 6.45) is 0.984. The topological polar surface area (TPSA) is 90.7 Å². The lowest BCUT2D eigenvalue weighted by Crippen LogP contribution is -2.33. The van der Waals surface area contributed by atoms with Crippen LogP contribution in [0.4, 0.5) is 4.79 Å². The number of nitrogens with one attached hydrogen (secondary N) is 1. The van der Waals surface area contributed by atoms with Crippen LogP contribution in [-0.2, 0) is 15.9 Å². The number of amides is 1. The van der Waals surface area contributed by atoms with E-state index in [1.54, 1.807) is 27.7 Å². The first-order valence-electron chi connectivity index (χ1n) is 6.40. The smallest absolute Gasteiger partial charge is 0.407 e. The van der Waals surface area contributed by atoms with Crippen LogP contribution in [0.25, 0.3) is 0 Å². The molecule has 0 aliphatic carbocycles. The summed E-state index contributed by atoms with van der Waals surface area (Å²) in [6.45, 7) is 7.59. The number of ether oxygens (including phenoxy) is 2. The van der Waals surface area contributed by atoms with Gasteiger partial charge in [-0.15, -0.1) is 0 Å². The number of nitrogens with zero attached hydrogens (tertiary/aromatic N) is 1. The molecule has 112 valence electrons. The molecule has 0 aromatic carbocycles. The zero-order valence-corrected chi connectivity index (χ0v) is 12.2. The molecule has 7 heteroatoms. The highest BCUT2D eigenvalue weighted by Crippen LogP contribution is 2.09. The molecule has 1 amide bonds. The standard InChI is InChI=1S/C13H20N2O5/c1-5-18-11(16)10-9(19-8-15-10)6-7-14-12(17)20-13(2,3)4/h8H,5-7H2,1-4H3,(H,14,17). The van der Waals surface area contributed by atoms with Gasteiger partial charge in [0.15, 0.2) is 12.1 Å². The fourth-order valence-corrected chi connectivity index (χ4v) is 1.41. The van der Waals surface area contributed by atoms with Crippen LogP contribution in [0.3, 0.4) is 0 Å². The number of rotatable bonds is 5. The van der Waals surface area contributed by atoms with Gasteiger partial charge in [-0.2, -0.15) is 0 Å². The highest BCUT2D eigenvalue weighted by molar-refractivity contribution is 5.88. The van der Waals surface area contributed by atoms with E-state index >= 15 is 0 Å². The van der Waals surface area contributed by atoms with Crippen LogP contribution in [0, 0.1) is 0 Å². The molecule has 0 aliphatic heterocycles. The van der Waals surface area contributed by atoms with Gasteiger partial charge in [0.2, 0.25) is 0 Å². The number of hydrogen-bond donors (Lipinski definition) is 1. The molecule has 1 aromatic heterocycles. The molecule has 0 unspecified atom stereocenters. The lowest BCUT2D eigenvalue weighted by atomic mass is 10.2. The van der Waals surface area contributed by atoms with Gasteiger partial charge in [-0.05, 0) is 27.7 Å². The molecule has 0 radical (unpaired) electrons. The SMILES string of the molecule is CCOC(=O)c1ncoc1CCNC(=O)OC(C)(C)C. The number of oxazole rings is 1. The van der Waals surface area contributed by atoms with E-state index in [2.05, 4.69) is 10.3 Å². The first-order valence-corrected chi connectivity index (χ1v) is 6.40. The van der Waals surface area contributed by atoms with Crippen LogP contribution < -0.4 is 5.32 Å². The van der Waals surface area contributed by atoms with Crippen molar-refractivity contribution >= 4 is 12.1 Å². The van der Waals surface area contributed by atoms with Crippen LogP contribution in [-0.4, -0.2) is 35.8 Å². The monoisotopic (exact) mass is 284 g/mol. The Bertz CT molecular complexity index is 462. The lowest BCUT2D eigenvalue weighted by Gasteiger charge is -2.19. The number of hydrogen-bond acceptors (Lipinski definition) is 6. The summed E-state index contributed by atoms with van der Waals surface area (Å²) in [5.74, 6) is -0.159. The molecule has 0 saturated carbocycles. The minimum Gasteiger partial charge on any atom is -0.461 e. The molecular formula is C13H20N2O5. The van der Waals surface area contributed by atoms with Crippen molar-refractivity contribution in [3.63, 3.8) is 0 Å². The van der Waals surface area contributed by atoms with Crippen molar-refractivity contribution in [1.82, 2.24) is 10.3 Å². The van der Waals surface area contributed by atoms with E-state index in [9.17, 15) is 9.59 Å². The molecule has 0 bridgehead atoms. The number of carbonyl (C=O) groups excluding carboxylic acids is 2. The van der Waals surface area contributed by atoms with Crippen molar-refractivity contribution in [1.29, 1.82) is 0 Å². The maximum Gasteiger partial charge on any atom is 0.407 e. The van der Waals surface area contributed by atoms with Crippen molar-refractivity contribution in [3.05, 3.63) is 17.8 Å². The fourth-order valence-electron chi connectivity index (χ4n) is 1.41. The fraction of sp³-hybridized carbons (Fsp3) is 0.615. The minimum absolute atomic E-state index is 0.137. The van der Waals surface area contributed by atoms with Crippen LogP contribution in [0.15, 0.2) is 10.8 Å². The third-order valence-corrected chi connectivity index (χ3v) is 2.13. The van der Waals surface area contributed by atoms with Gasteiger partial charge in [0.05, 0.1) is 6.61 Å². The molecule has 20 heavy (non-hydrogen) atoms. The van der Waals surface area contributed by atoms with Crippen LogP contribution in [0.1, 0.15) is 43.9 Å². The van der Waals surface area contributed by atoms with Crippen molar-refractivity contribution < 1.29 is 23.5 Å². The number of alkyl carbamates (subject to hydrolysis) is 1. The Morgan fingerprint density at radius 3 is 2.70 bits per heavy atom. The Morgan fingerprint density at radius 2 is 2.10 bits per heavy atom. The molecule has 0 saturated heterocycles. The largest absolute Gasteiger partial charge is 0.461 e. The van der Waals surface area contributed by atoms with E-state index in [1.165, 1.54) is 6.39 Å². The molecule has 1 aromatic rings.